The second-order valence-electron chi connectivity index (χ2n) is 5.19. The van der Waals surface area contributed by atoms with Crippen molar-refractivity contribution < 1.29 is 35.2 Å². The summed E-state index contributed by atoms with van der Waals surface area (Å²) in [4.78, 5) is 9.41. The number of rotatable bonds is 4. The van der Waals surface area contributed by atoms with Gasteiger partial charge in [-0.2, -0.15) is 13.2 Å². The fourth-order valence-electron chi connectivity index (χ4n) is 2.12. The minimum Gasteiger partial charge on any atom is -0.325 e. The lowest BCUT2D eigenvalue weighted by atomic mass is 10.2. The van der Waals surface area contributed by atoms with Crippen molar-refractivity contribution >= 4 is 38.9 Å². The molecule has 0 atom stereocenters. The van der Waals surface area contributed by atoms with E-state index in [9.17, 15) is 35.2 Å². The van der Waals surface area contributed by atoms with Gasteiger partial charge in [-0.15, -0.1) is 0 Å². The zero-order chi connectivity index (χ0) is 20.6. The topological polar surface area (TPSA) is 75.3 Å². The van der Waals surface area contributed by atoms with Gasteiger partial charge in [0.2, 0.25) is 5.91 Å². The summed E-state index contributed by atoms with van der Waals surface area (Å²) < 4.78 is 93.6. The number of hydrogen-bond donors (Lipinski definition) is 2. The van der Waals surface area contributed by atoms with Gasteiger partial charge in [-0.25, -0.2) is 17.2 Å². The lowest BCUT2D eigenvalue weighted by molar-refractivity contribution is -0.136. The average molecular weight is 429 g/mol. The van der Waals surface area contributed by atoms with Gasteiger partial charge in [0, 0.05) is 13.0 Å². The van der Waals surface area contributed by atoms with E-state index < -0.39 is 60.6 Å². The highest BCUT2D eigenvalue weighted by molar-refractivity contribution is 7.92. The molecule has 0 aromatic heterocycles. The number of amides is 1. The van der Waals surface area contributed by atoms with Crippen molar-refractivity contribution in [2.45, 2.75) is 18.0 Å². The first-order chi connectivity index (χ1) is 12.3. The van der Waals surface area contributed by atoms with E-state index in [1.165, 1.54) is 4.72 Å². The Hall–Kier alpha value is -2.40. The lowest BCUT2D eigenvalue weighted by Gasteiger charge is -2.16. The van der Waals surface area contributed by atoms with Gasteiger partial charge in [-0.3, -0.25) is 9.52 Å². The predicted molar refractivity (Wildman–Crippen MR) is 87.9 cm³/mol. The van der Waals surface area contributed by atoms with Crippen LogP contribution in [0.3, 0.4) is 0 Å². The van der Waals surface area contributed by atoms with Crippen LogP contribution in [-0.4, -0.2) is 14.3 Å². The molecule has 1 amide bonds. The van der Waals surface area contributed by atoms with Crippen LogP contribution >= 0.6 is 11.6 Å². The van der Waals surface area contributed by atoms with Crippen LogP contribution in [0, 0.1) is 11.6 Å². The van der Waals surface area contributed by atoms with Gasteiger partial charge in [-0.05, 0) is 12.1 Å². The molecule has 146 valence electrons. The quantitative estimate of drug-likeness (QED) is 0.560. The van der Waals surface area contributed by atoms with Crippen LogP contribution in [0.4, 0.5) is 33.3 Å². The van der Waals surface area contributed by atoms with Gasteiger partial charge in [0.25, 0.3) is 10.0 Å². The molecule has 0 aliphatic rings. The van der Waals surface area contributed by atoms with Crippen LogP contribution < -0.4 is 10.0 Å². The number of anilines is 2. The second-order valence-corrected chi connectivity index (χ2v) is 7.19. The molecule has 0 bridgehead atoms. The van der Waals surface area contributed by atoms with Crippen LogP contribution in [0.1, 0.15) is 12.5 Å². The maximum Gasteiger partial charge on any atom is 0.418 e. The smallest absolute Gasteiger partial charge is 0.325 e. The van der Waals surface area contributed by atoms with Gasteiger partial charge >= 0.3 is 6.18 Å². The summed E-state index contributed by atoms with van der Waals surface area (Å²) in [6, 6.07) is 3.94. The molecule has 0 unspecified atom stereocenters. The van der Waals surface area contributed by atoms with Gasteiger partial charge in [-0.1, -0.05) is 23.7 Å². The molecule has 5 nitrogen and oxygen atoms in total. The Labute approximate surface area is 155 Å². The summed E-state index contributed by atoms with van der Waals surface area (Å²) in [5, 5.41) is 1.08. The number of carbonyl (C=O) groups excluding carboxylic acids is 1. The number of alkyl halides is 3. The van der Waals surface area contributed by atoms with Gasteiger partial charge in [0.15, 0.2) is 10.7 Å². The molecular weight excluding hydrogens is 419 g/mol. The van der Waals surface area contributed by atoms with Gasteiger partial charge < -0.3 is 5.32 Å². The third-order valence-corrected chi connectivity index (χ3v) is 4.94. The van der Waals surface area contributed by atoms with Crippen LogP contribution in [0.25, 0.3) is 0 Å². The minimum absolute atomic E-state index is 0.442. The molecule has 2 aromatic carbocycles. The van der Waals surface area contributed by atoms with Crippen molar-refractivity contribution in [1.29, 1.82) is 0 Å². The molecule has 2 aromatic rings. The van der Waals surface area contributed by atoms with Crippen LogP contribution in [0.5, 0.6) is 0 Å². The van der Waals surface area contributed by atoms with E-state index >= 15 is 0 Å². The maximum absolute atomic E-state index is 14.3. The standard InChI is InChI=1S/C15H10ClF5N2O3S/c1-7(24)22-11-6-9(17)14(13(18)12(11)16)27(25,26)23-10-5-3-2-4-8(10)15(19,20)21/h2-6,23H,1H3,(H,22,24). The van der Waals surface area contributed by atoms with Crippen LogP contribution in [0.2, 0.25) is 5.02 Å². The minimum atomic E-state index is -5.12. The molecule has 2 rings (SSSR count). The van der Waals surface area contributed by atoms with Crippen molar-refractivity contribution in [3.05, 3.63) is 52.6 Å². The molecule has 27 heavy (non-hydrogen) atoms. The number of sulfonamides is 1. The monoisotopic (exact) mass is 428 g/mol. The van der Waals surface area contributed by atoms with E-state index in [0.29, 0.717) is 12.1 Å². The van der Waals surface area contributed by atoms with E-state index in [-0.39, 0.29) is 0 Å². The van der Waals surface area contributed by atoms with Gasteiger partial charge in [0.05, 0.1) is 16.9 Å². The number of halogens is 6. The van der Waals surface area contributed by atoms with E-state index in [1.807, 2.05) is 5.32 Å². The zero-order valence-corrected chi connectivity index (χ0v) is 14.9. The van der Waals surface area contributed by atoms with E-state index in [1.54, 1.807) is 0 Å². The molecule has 0 saturated heterocycles. The van der Waals surface area contributed by atoms with E-state index in [2.05, 4.69) is 0 Å². The van der Waals surface area contributed by atoms with Gasteiger partial charge in [0.1, 0.15) is 10.8 Å². The highest BCUT2D eigenvalue weighted by atomic mass is 35.5. The Morgan fingerprint density at radius 2 is 1.70 bits per heavy atom. The summed E-state index contributed by atoms with van der Waals surface area (Å²) in [7, 11) is -5.12. The number of benzene rings is 2. The first-order valence-corrected chi connectivity index (χ1v) is 8.85. The normalized spacial score (nSPS) is 12.0. The third-order valence-electron chi connectivity index (χ3n) is 3.17. The summed E-state index contributed by atoms with van der Waals surface area (Å²) >= 11 is 5.60. The molecule has 0 radical (unpaired) electrons. The summed E-state index contributed by atoms with van der Waals surface area (Å²) in [6.45, 7) is 1.02. The fourth-order valence-corrected chi connectivity index (χ4v) is 3.60. The molecule has 0 saturated carbocycles. The third kappa shape index (κ3) is 4.48. The molecule has 2 N–H and O–H groups in total. The Balaban J connectivity index is 2.56. The molecule has 0 fully saturated rings. The number of hydrogen-bond acceptors (Lipinski definition) is 3. The van der Waals surface area contributed by atoms with E-state index in [4.69, 9.17) is 11.6 Å². The summed E-state index contributed by atoms with van der Waals surface area (Å²) in [6.07, 6.45) is -4.91. The maximum atomic E-state index is 14.3. The zero-order valence-electron chi connectivity index (χ0n) is 13.3. The summed E-state index contributed by atoms with van der Waals surface area (Å²) in [5.74, 6) is -4.15. The Morgan fingerprint density at radius 3 is 2.26 bits per heavy atom. The first kappa shape index (κ1) is 20.9. The van der Waals surface area contributed by atoms with Crippen LogP contribution in [0.15, 0.2) is 35.2 Å². The highest BCUT2D eigenvalue weighted by Crippen LogP contribution is 2.37. The molecule has 0 aliphatic carbocycles. The van der Waals surface area contributed by atoms with Crippen molar-refractivity contribution in [2.24, 2.45) is 0 Å². The molecule has 0 heterocycles. The molecular formula is C15H10ClF5N2O3S. The molecule has 0 aliphatic heterocycles. The Bertz CT molecular complexity index is 1010. The van der Waals surface area contributed by atoms with E-state index in [0.717, 1.165) is 25.1 Å². The number of nitrogens with one attached hydrogen (secondary N) is 2. The fraction of sp³-hybridized carbons (Fsp3) is 0.133. The predicted octanol–water partition coefficient (Wildman–Crippen LogP) is 4.40. The Morgan fingerprint density at radius 1 is 1.11 bits per heavy atom. The number of para-hydroxylation sites is 1. The van der Waals surface area contributed by atoms with Crippen molar-refractivity contribution in [3.8, 4) is 0 Å². The van der Waals surface area contributed by atoms with Crippen molar-refractivity contribution in [1.82, 2.24) is 0 Å². The highest BCUT2D eigenvalue weighted by Gasteiger charge is 2.35. The molecule has 12 heteroatoms. The largest absolute Gasteiger partial charge is 0.418 e. The summed E-state index contributed by atoms with van der Waals surface area (Å²) in [5.41, 5.74) is -2.81. The molecule has 0 spiro atoms. The van der Waals surface area contributed by atoms with Crippen LogP contribution in [-0.2, 0) is 21.0 Å². The number of carbonyl (C=O) groups is 1. The Kier molecular flexibility index (Phi) is 5.66. The second kappa shape index (κ2) is 7.31. The first-order valence-electron chi connectivity index (χ1n) is 6.98. The lowest BCUT2D eigenvalue weighted by Crippen LogP contribution is -2.20. The average Bonchev–Trinajstić information content (AvgIpc) is 2.50. The van der Waals surface area contributed by atoms with Crippen molar-refractivity contribution in [3.63, 3.8) is 0 Å². The van der Waals surface area contributed by atoms with Crippen molar-refractivity contribution in [2.75, 3.05) is 10.0 Å². The SMILES string of the molecule is CC(=O)Nc1cc(F)c(S(=O)(=O)Nc2ccccc2C(F)(F)F)c(F)c1Cl.